The predicted molar refractivity (Wildman–Crippen MR) is 185 cm³/mol. The minimum atomic E-state index is -3.09. The fraction of sp³-hybridized carbons (Fsp3) is 0.361. The Morgan fingerprint density at radius 2 is 1.53 bits per heavy atom. The van der Waals surface area contributed by atoms with Crippen molar-refractivity contribution in [2.24, 2.45) is 0 Å². The first-order valence-electron chi connectivity index (χ1n) is 15.6. The molecule has 0 spiro atoms. The van der Waals surface area contributed by atoms with Crippen LogP contribution in [0.4, 0.5) is 14.5 Å². The number of carbonyl (C=O) groups excluding carboxylic acids is 2. The fourth-order valence-corrected chi connectivity index (χ4v) is 11.7. The van der Waals surface area contributed by atoms with E-state index in [-0.39, 0.29) is 40.2 Å². The van der Waals surface area contributed by atoms with Gasteiger partial charge in [-0.1, -0.05) is 81.4 Å². The maximum Gasteiger partial charge on any atom is 0.272 e. The van der Waals surface area contributed by atoms with Gasteiger partial charge in [-0.05, 0) is 35.3 Å². The van der Waals surface area contributed by atoms with Crippen molar-refractivity contribution in [3.05, 3.63) is 106 Å². The van der Waals surface area contributed by atoms with E-state index in [2.05, 4.69) is 50.0 Å². The zero-order valence-corrected chi connectivity index (χ0v) is 29.7. The van der Waals surface area contributed by atoms with Crippen LogP contribution < -0.4 is 15.3 Å². The van der Waals surface area contributed by atoms with Gasteiger partial charge in [-0.2, -0.15) is 0 Å². The lowest BCUT2D eigenvalue weighted by Crippen LogP contribution is -2.66. The maximum absolute atomic E-state index is 16.4. The van der Waals surface area contributed by atoms with E-state index in [0.717, 1.165) is 21.7 Å². The van der Waals surface area contributed by atoms with Crippen molar-refractivity contribution in [3.8, 4) is 0 Å². The summed E-state index contributed by atoms with van der Waals surface area (Å²) in [7, 11) is 0.0558. The zero-order valence-electron chi connectivity index (χ0n) is 27.8. The highest BCUT2D eigenvalue weighted by Crippen LogP contribution is 2.39. The van der Waals surface area contributed by atoms with Gasteiger partial charge in [0.05, 0.1) is 30.1 Å². The topological polar surface area (TPSA) is 72.0 Å². The van der Waals surface area contributed by atoms with Crippen LogP contribution in [0.25, 0.3) is 0 Å². The van der Waals surface area contributed by atoms with Crippen LogP contribution in [-0.2, 0) is 15.8 Å². The molecule has 11 heteroatoms. The van der Waals surface area contributed by atoms with Crippen molar-refractivity contribution in [1.29, 1.82) is 0 Å². The standard InChI is InChI=1S/C36H41F2N3O4SSi/c1-23-19-41(20-24(2)45-23)32-25(18-28(30(37)31(32)38)33(42)34-39-29(22-46-34)35(43)40(6)7)21-44-47(36(3,4)5,26-14-10-8-11-15-26)27-16-12-9-13-17-27/h8-18,22-24H,19-21H2,1-7H3. The maximum atomic E-state index is 16.4. The van der Waals surface area contributed by atoms with E-state index in [1.165, 1.54) is 16.3 Å². The molecule has 1 fully saturated rings. The third kappa shape index (κ3) is 6.80. The number of morpholine rings is 1. The van der Waals surface area contributed by atoms with E-state index < -0.39 is 37.2 Å². The number of benzene rings is 3. The molecule has 3 aromatic carbocycles. The Hall–Kier alpha value is -3.77. The van der Waals surface area contributed by atoms with E-state index in [4.69, 9.17) is 9.16 Å². The van der Waals surface area contributed by atoms with Gasteiger partial charge in [0.15, 0.2) is 16.6 Å². The Morgan fingerprint density at radius 1 is 0.979 bits per heavy atom. The first-order valence-corrected chi connectivity index (χ1v) is 18.4. The van der Waals surface area contributed by atoms with Gasteiger partial charge in [0.25, 0.3) is 14.2 Å². The summed E-state index contributed by atoms with van der Waals surface area (Å²) in [6.45, 7) is 10.8. The number of carbonyl (C=O) groups is 2. The summed E-state index contributed by atoms with van der Waals surface area (Å²) < 4.78 is 45.5. The normalized spacial score (nSPS) is 17.1. The minimum absolute atomic E-state index is 0.0570. The van der Waals surface area contributed by atoms with Crippen LogP contribution in [0.1, 0.15) is 66.0 Å². The van der Waals surface area contributed by atoms with Crippen molar-refractivity contribution in [2.45, 2.75) is 58.5 Å². The van der Waals surface area contributed by atoms with Gasteiger partial charge >= 0.3 is 0 Å². The molecular formula is C36H41F2N3O4SSi. The number of rotatable bonds is 9. The largest absolute Gasteiger partial charge is 0.403 e. The number of thiazole rings is 1. The molecular weight excluding hydrogens is 637 g/mol. The number of amides is 1. The van der Waals surface area contributed by atoms with Crippen molar-refractivity contribution < 1.29 is 27.5 Å². The second-order valence-electron chi connectivity index (χ2n) is 13.2. The van der Waals surface area contributed by atoms with E-state index in [1.54, 1.807) is 19.0 Å². The summed E-state index contributed by atoms with van der Waals surface area (Å²) in [6.07, 6.45) is -0.452. The fourth-order valence-electron chi connectivity index (χ4n) is 6.41. The van der Waals surface area contributed by atoms with Crippen LogP contribution in [-0.4, -0.2) is 69.3 Å². The van der Waals surface area contributed by atoms with Crippen molar-refractivity contribution in [1.82, 2.24) is 9.88 Å². The minimum Gasteiger partial charge on any atom is -0.403 e. The van der Waals surface area contributed by atoms with Crippen LogP contribution >= 0.6 is 11.3 Å². The predicted octanol–water partition coefficient (Wildman–Crippen LogP) is 6.04. The van der Waals surface area contributed by atoms with Crippen LogP contribution in [0, 0.1) is 11.6 Å². The van der Waals surface area contributed by atoms with E-state index in [9.17, 15) is 9.59 Å². The number of nitrogens with zero attached hydrogens (tertiary/aromatic N) is 3. The first kappa shape index (κ1) is 34.6. The van der Waals surface area contributed by atoms with Crippen molar-refractivity contribution >= 4 is 47.4 Å². The average Bonchev–Trinajstić information content (AvgIpc) is 3.52. The Kier molecular flexibility index (Phi) is 10.1. The molecule has 0 saturated carbocycles. The van der Waals surface area contributed by atoms with Gasteiger partial charge in [-0.15, -0.1) is 11.3 Å². The number of anilines is 1. The van der Waals surface area contributed by atoms with Crippen LogP contribution in [0.2, 0.25) is 5.04 Å². The van der Waals surface area contributed by atoms with Gasteiger partial charge < -0.3 is 19.0 Å². The average molecular weight is 678 g/mol. The van der Waals surface area contributed by atoms with Crippen molar-refractivity contribution in [3.63, 3.8) is 0 Å². The SMILES string of the molecule is CC1CN(c2c(CO[Si](c3ccccc3)(c3ccccc3)C(C)(C)C)cc(C(=O)c3nc(C(=O)N(C)C)cs3)c(F)c2F)CC(C)O1. The van der Waals surface area contributed by atoms with Gasteiger partial charge in [0, 0.05) is 38.1 Å². The highest BCUT2D eigenvalue weighted by Gasteiger charge is 2.50. The molecule has 1 saturated heterocycles. The summed E-state index contributed by atoms with van der Waals surface area (Å²) in [5.74, 6) is -3.58. The molecule has 2 heterocycles. The number of halogens is 2. The third-order valence-corrected chi connectivity index (χ3v) is 14.2. The quantitative estimate of drug-likeness (QED) is 0.159. The molecule has 47 heavy (non-hydrogen) atoms. The lowest BCUT2D eigenvalue weighted by Gasteiger charge is -2.43. The Balaban J connectivity index is 1.66. The van der Waals surface area contributed by atoms with E-state index in [1.807, 2.05) is 50.2 Å². The Bertz CT molecular complexity index is 1690. The summed E-state index contributed by atoms with van der Waals surface area (Å²) in [5, 5.41) is 3.04. The van der Waals surface area contributed by atoms with Gasteiger partial charge in [-0.3, -0.25) is 9.59 Å². The van der Waals surface area contributed by atoms with Crippen LogP contribution in [0.5, 0.6) is 0 Å². The molecule has 1 aliphatic heterocycles. The number of ketones is 1. The second kappa shape index (κ2) is 13.8. The molecule has 7 nitrogen and oxygen atoms in total. The highest BCUT2D eigenvalue weighted by molar-refractivity contribution is 7.12. The highest BCUT2D eigenvalue weighted by atomic mass is 32.1. The third-order valence-electron chi connectivity index (χ3n) is 8.42. The molecule has 2 unspecified atom stereocenters. The number of aromatic nitrogens is 1. The summed E-state index contributed by atoms with van der Waals surface area (Å²) >= 11 is 0.918. The van der Waals surface area contributed by atoms with Gasteiger partial charge in [0.2, 0.25) is 5.78 Å². The monoisotopic (exact) mass is 677 g/mol. The molecule has 2 atom stereocenters. The van der Waals surface area contributed by atoms with E-state index in [0.29, 0.717) is 18.7 Å². The lowest BCUT2D eigenvalue weighted by atomic mass is 10.0. The molecule has 1 aliphatic rings. The van der Waals surface area contributed by atoms with Crippen LogP contribution in [0.15, 0.2) is 72.1 Å². The van der Waals surface area contributed by atoms with Crippen molar-refractivity contribution in [2.75, 3.05) is 32.1 Å². The number of hydrogen-bond acceptors (Lipinski definition) is 7. The Labute approximate surface area is 280 Å². The molecule has 0 radical (unpaired) electrons. The summed E-state index contributed by atoms with van der Waals surface area (Å²) in [4.78, 5) is 33.5. The molecule has 0 aliphatic carbocycles. The first-order chi connectivity index (χ1) is 22.2. The smallest absolute Gasteiger partial charge is 0.272 e. The molecule has 0 N–H and O–H groups in total. The lowest BCUT2D eigenvalue weighted by molar-refractivity contribution is -0.00554. The summed E-state index contributed by atoms with van der Waals surface area (Å²) in [5.41, 5.74) is 0.0107. The molecule has 4 aromatic rings. The Morgan fingerprint density at radius 3 is 2.04 bits per heavy atom. The van der Waals surface area contributed by atoms with Gasteiger partial charge in [-0.25, -0.2) is 13.8 Å². The molecule has 5 rings (SSSR count). The zero-order chi connectivity index (χ0) is 34.1. The number of ether oxygens (including phenoxy) is 1. The van der Waals surface area contributed by atoms with Crippen LogP contribution in [0.3, 0.4) is 0 Å². The molecule has 1 amide bonds. The molecule has 248 valence electrons. The second-order valence-corrected chi connectivity index (χ2v) is 18.4. The molecule has 0 bridgehead atoms. The number of hydrogen-bond donors (Lipinski definition) is 0. The summed E-state index contributed by atoms with van der Waals surface area (Å²) in [6, 6.07) is 21.5. The van der Waals surface area contributed by atoms with E-state index >= 15 is 8.78 Å². The van der Waals surface area contributed by atoms with Gasteiger partial charge in [0.1, 0.15) is 5.69 Å². The molecule has 1 aromatic heterocycles.